The molecule has 6 heteroatoms. The first-order valence-corrected chi connectivity index (χ1v) is 5.10. The normalized spacial score (nSPS) is 10.1. The smallest absolute Gasteiger partial charge is 0.268 e. The van der Waals surface area contributed by atoms with Gasteiger partial charge in [0.05, 0.1) is 25.4 Å². The van der Waals surface area contributed by atoms with Crippen LogP contribution in [-0.2, 0) is 0 Å². The van der Waals surface area contributed by atoms with Gasteiger partial charge in [-0.25, -0.2) is 0 Å². The average Bonchev–Trinajstić information content (AvgIpc) is 2.37. The van der Waals surface area contributed by atoms with Crippen LogP contribution in [0.1, 0.15) is 5.56 Å². The third-order valence-electron chi connectivity index (χ3n) is 2.67. The third kappa shape index (κ3) is 1.62. The highest BCUT2D eigenvalue weighted by Gasteiger charge is 2.13. The number of H-pyrrole nitrogens is 1. The van der Waals surface area contributed by atoms with Gasteiger partial charge in [-0.2, -0.15) is 5.26 Å². The summed E-state index contributed by atoms with van der Waals surface area (Å²) in [6, 6.07) is 5.01. The Morgan fingerprint density at radius 3 is 2.44 bits per heavy atom. The first-order valence-electron chi connectivity index (χ1n) is 5.10. The van der Waals surface area contributed by atoms with Gasteiger partial charge >= 0.3 is 0 Å². The molecule has 0 fully saturated rings. The number of hydrogen-bond acceptors (Lipinski definition) is 5. The fourth-order valence-electron chi connectivity index (χ4n) is 1.76. The molecule has 0 bridgehead atoms. The van der Waals surface area contributed by atoms with Gasteiger partial charge in [0.15, 0.2) is 11.5 Å². The molecule has 1 heterocycles. The van der Waals surface area contributed by atoms with E-state index in [0.717, 1.165) is 0 Å². The number of pyridine rings is 1. The lowest BCUT2D eigenvalue weighted by molar-refractivity contribution is 0.356. The first-order chi connectivity index (χ1) is 8.62. The number of nitrogens with zero attached hydrogens (tertiary/aromatic N) is 1. The van der Waals surface area contributed by atoms with Crippen LogP contribution in [0.25, 0.3) is 10.9 Å². The minimum atomic E-state index is -0.519. The van der Waals surface area contributed by atoms with Gasteiger partial charge in [0, 0.05) is 11.5 Å². The lowest BCUT2D eigenvalue weighted by Gasteiger charge is -2.10. The van der Waals surface area contributed by atoms with E-state index in [0.29, 0.717) is 22.4 Å². The van der Waals surface area contributed by atoms with E-state index in [1.54, 1.807) is 18.2 Å². The summed E-state index contributed by atoms with van der Waals surface area (Å²) in [6.45, 7) is 0. The van der Waals surface area contributed by atoms with Crippen molar-refractivity contribution in [2.45, 2.75) is 0 Å². The third-order valence-corrected chi connectivity index (χ3v) is 2.67. The van der Waals surface area contributed by atoms with E-state index in [-0.39, 0.29) is 11.3 Å². The van der Waals surface area contributed by atoms with Crippen LogP contribution in [-0.4, -0.2) is 19.2 Å². The zero-order chi connectivity index (χ0) is 13.3. The molecule has 6 nitrogen and oxygen atoms in total. The van der Waals surface area contributed by atoms with E-state index in [2.05, 4.69) is 4.98 Å². The number of nitrogens with two attached hydrogens (primary N) is 1. The van der Waals surface area contributed by atoms with E-state index in [9.17, 15) is 4.79 Å². The number of aromatic nitrogens is 1. The zero-order valence-corrected chi connectivity index (χ0v) is 9.90. The number of ether oxygens (including phenoxy) is 2. The molecule has 3 N–H and O–H groups in total. The Balaban J connectivity index is 2.91. The summed E-state index contributed by atoms with van der Waals surface area (Å²) in [5, 5.41) is 9.43. The Morgan fingerprint density at radius 1 is 1.28 bits per heavy atom. The molecule has 0 amide bonds. The molecule has 0 radical (unpaired) electrons. The topological polar surface area (TPSA) is 101 Å². The summed E-state index contributed by atoms with van der Waals surface area (Å²) in [4.78, 5) is 14.2. The van der Waals surface area contributed by atoms with Crippen LogP contribution >= 0.6 is 0 Å². The zero-order valence-electron chi connectivity index (χ0n) is 9.90. The predicted octanol–water partition coefficient (Wildman–Crippen LogP) is 0.999. The predicted molar refractivity (Wildman–Crippen MR) is 66.8 cm³/mol. The molecule has 92 valence electrons. The van der Waals surface area contributed by atoms with E-state index >= 15 is 0 Å². The van der Waals surface area contributed by atoms with Gasteiger partial charge in [-0.05, 0) is 6.07 Å². The number of nitrogen functional groups attached to an aromatic ring is 1. The van der Waals surface area contributed by atoms with E-state index < -0.39 is 5.56 Å². The number of hydrogen-bond donors (Lipinski definition) is 2. The Hall–Kier alpha value is -2.68. The molecule has 2 rings (SSSR count). The monoisotopic (exact) mass is 245 g/mol. The quantitative estimate of drug-likeness (QED) is 0.821. The SMILES string of the molecule is COc1cc2[nH]c(=O)c(C#N)c(N)c2cc1OC. The Bertz CT molecular complexity index is 713. The minimum Gasteiger partial charge on any atom is -0.493 e. The van der Waals surface area contributed by atoms with Gasteiger partial charge in [-0.1, -0.05) is 0 Å². The first kappa shape index (κ1) is 11.8. The molecular weight excluding hydrogens is 234 g/mol. The second-order valence-corrected chi connectivity index (χ2v) is 3.61. The highest BCUT2D eigenvalue weighted by molar-refractivity contribution is 5.94. The van der Waals surface area contributed by atoms with Gasteiger partial charge in [-0.15, -0.1) is 0 Å². The van der Waals surface area contributed by atoms with Gasteiger partial charge < -0.3 is 20.2 Å². The van der Waals surface area contributed by atoms with Crippen molar-refractivity contribution < 1.29 is 9.47 Å². The van der Waals surface area contributed by atoms with Crippen molar-refractivity contribution in [2.24, 2.45) is 0 Å². The summed E-state index contributed by atoms with van der Waals surface area (Å²) in [5.41, 5.74) is 5.82. The van der Waals surface area contributed by atoms with E-state index in [1.165, 1.54) is 14.2 Å². The van der Waals surface area contributed by atoms with Gasteiger partial charge in [-0.3, -0.25) is 4.79 Å². The Morgan fingerprint density at radius 2 is 1.89 bits per heavy atom. The number of aromatic amines is 1. The summed E-state index contributed by atoms with van der Waals surface area (Å²) in [7, 11) is 2.99. The number of anilines is 1. The van der Waals surface area contributed by atoms with Crippen LogP contribution in [0, 0.1) is 11.3 Å². The fourth-order valence-corrected chi connectivity index (χ4v) is 1.76. The Labute approximate surface area is 103 Å². The molecule has 18 heavy (non-hydrogen) atoms. The van der Waals surface area contributed by atoms with Crippen LogP contribution in [0.5, 0.6) is 11.5 Å². The lowest BCUT2D eigenvalue weighted by atomic mass is 10.1. The Kier molecular flexibility index (Phi) is 2.81. The van der Waals surface area contributed by atoms with E-state index in [4.69, 9.17) is 20.5 Å². The molecule has 1 aromatic heterocycles. The molecule has 1 aromatic carbocycles. The maximum absolute atomic E-state index is 11.6. The van der Waals surface area contributed by atoms with Crippen molar-refractivity contribution in [1.82, 2.24) is 4.98 Å². The molecule has 0 aliphatic rings. The van der Waals surface area contributed by atoms with Crippen molar-refractivity contribution in [3.05, 3.63) is 28.0 Å². The molecule has 0 aliphatic carbocycles. The second-order valence-electron chi connectivity index (χ2n) is 3.61. The second kappa shape index (κ2) is 4.30. The summed E-state index contributed by atoms with van der Waals surface area (Å²) in [6.07, 6.45) is 0. The molecular formula is C12H11N3O3. The van der Waals surface area contributed by atoms with Crippen LogP contribution in [0.15, 0.2) is 16.9 Å². The lowest BCUT2D eigenvalue weighted by Crippen LogP contribution is -2.13. The average molecular weight is 245 g/mol. The summed E-state index contributed by atoms with van der Waals surface area (Å²) >= 11 is 0. The molecule has 0 unspecified atom stereocenters. The molecule has 0 aliphatic heterocycles. The van der Waals surface area contributed by atoms with Crippen molar-refractivity contribution in [2.75, 3.05) is 20.0 Å². The van der Waals surface area contributed by atoms with E-state index in [1.807, 2.05) is 0 Å². The number of fused-ring (bicyclic) bond motifs is 1. The number of nitriles is 1. The van der Waals surface area contributed by atoms with Gasteiger partial charge in [0.2, 0.25) is 0 Å². The van der Waals surface area contributed by atoms with Crippen molar-refractivity contribution in [3.63, 3.8) is 0 Å². The maximum atomic E-state index is 11.6. The highest BCUT2D eigenvalue weighted by atomic mass is 16.5. The molecule has 0 spiro atoms. The number of rotatable bonds is 2. The minimum absolute atomic E-state index is 0.102. The van der Waals surface area contributed by atoms with Crippen molar-refractivity contribution in [1.29, 1.82) is 5.26 Å². The molecule has 0 saturated heterocycles. The van der Waals surface area contributed by atoms with Crippen LogP contribution < -0.4 is 20.8 Å². The van der Waals surface area contributed by atoms with Crippen molar-refractivity contribution in [3.8, 4) is 17.6 Å². The van der Waals surface area contributed by atoms with Crippen LogP contribution in [0.2, 0.25) is 0 Å². The molecule has 0 saturated carbocycles. The van der Waals surface area contributed by atoms with Crippen molar-refractivity contribution >= 4 is 16.6 Å². The number of methoxy groups -OCH3 is 2. The van der Waals surface area contributed by atoms with Crippen LogP contribution in [0.4, 0.5) is 5.69 Å². The summed E-state index contributed by atoms with van der Waals surface area (Å²) < 4.78 is 10.3. The van der Waals surface area contributed by atoms with Gasteiger partial charge in [0.1, 0.15) is 11.6 Å². The number of benzene rings is 1. The number of nitrogens with one attached hydrogen (secondary N) is 1. The van der Waals surface area contributed by atoms with Crippen LogP contribution in [0.3, 0.4) is 0 Å². The molecule has 2 aromatic rings. The largest absolute Gasteiger partial charge is 0.493 e. The standard InChI is InChI=1S/C12H11N3O3/c1-17-9-3-6-8(4-10(9)18-2)15-12(16)7(5-13)11(6)14/h3-4H,1-2H3,(H3,14,15,16). The fraction of sp³-hybridized carbons (Fsp3) is 0.167. The maximum Gasteiger partial charge on any atom is 0.268 e. The highest BCUT2D eigenvalue weighted by Crippen LogP contribution is 2.33. The molecule has 0 atom stereocenters. The van der Waals surface area contributed by atoms with Gasteiger partial charge in [0.25, 0.3) is 5.56 Å². The summed E-state index contributed by atoms with van der Waals surface area (Å²) in [5.74, 6) is 0.956.